The first-order chi connectivity index (χ1) is 9.83. The van der Waals surface area contributed by atoms with E-state index in [4.69, 9.17) is 0 Å². The quantitative estimate of drug-likeness (QED) is 0.737. The van der Waals surface area contributed by atoms with Gasteiger partial charge in [-0.1, -0.05) is 12.1 Å². The molecule has 2 nitrogen and oxygen atoms in total. The number of nitrogens with one attached hydrogen (secondary N) is 1. The largest absolute Gasteiger partial charge is 0.304 e. The van der Waals surface area contributed by atoms with Crippen LogP contribution in [0.5, 0.6) is 0 Å². The van der Waals surface area contributed by atoms with Crippen LogP contribution in [0, 0.1) is 0 Å². The predicted octanol–water partition coefficient (Wildman–Crippen LogP) is 4.72. The van der Waals surface area contributed by atoms with Gasteiger partial charge in [-0.2, -0.15) is 0 Å². The van der Waals surface area contributed by atoms with Crippen LogP contribution in [0.4, 0.5) is 0 Å². The predicted molar refractivity (Wildman–Crippen MR) is 87.1 cm³/mol. The van der Waals surface area contributed by atoms with Gasteiger partial charge in [0.1, 0.15) is 0 Å². The van der Waals surface area contributed by atoms with Crippen molar-refractivity contribution in [3.8, 4) is 10.4 Å². The molecule has 0 spiro atoms. The average molecular weight is 300 g/mol. The van der Waals surface area contributed by atoms with Crippen LogP contribution in [0.15, 0.2) is 53.4 Å². The van der Waals surface area contributed by atoms with Crippen molar-refractivity contribution in [1.29, 1.82) is 0 Å². The fourth-order valence-corrected chi connectivity index (χ4v) is 3.66. The molecule has 3 aromatic rings. The molecule has 102 valence electrons. The van der Waals surface area contributed by atoms with Crippen LogP contribution in [0.25, 0.3) is 10.4 Å². The maximum atomic E-state index is 4.38. The third kappa shape index (κ3) is 3.15. The van der Waals surface area contributed by atoms with Crippen LogP contribution in [0.1, 0.15) is 23.5 Å². The lowest BCUT2D eigenvalue weighted by Gasteiger charge is -2.12. The number of hydrogen-bond acceptors (Lipinski definition) is 4. The molecule has 1 atom stereocenters. The summed E-state index contributed by atoms with van der Waals surface area (Å²) in [6.45, 7) is 3.03. The van der Waals surface area contributed by atoms with E-state index < -0.39 is 0 Å². The molecule has 4 heteroatoms. The van der Waals surface area contributed by atoms with Crippen LogP contribution in [0.3, 0.4) is 0 Å². The fourth-order valence-electron chi connectivity index (χ4n) is 2.04. The Bertz CT molecular complexity index is 644. The van der Waals surface area contributed by atoms with Gasteiger partial charge in [0.25, 0.3) is 0 Å². The average Bonchev–Trinajstić information content (AvgIpc) is 3.16. The summed E-state index contributed by atoms with van der Waals surface area (Å²) in [4.78, 5) is 7.08. The number of aromatic nitrogens is 1. The summed E-state index contributed by atoms with van der Waals surface area (Å²) >= 11 is 3.60. The van der Waals surface area contributed by atoms with E-state index in [1.807, 2.05) is 29.7 Å². The molecule has 0 saturated heterocycles. The lowest BCUT2D eigenvalue weighted by atomic mass is 10.2. The minimum atomic E-state index is 0.267. The van der Waals surface area contributed by atoms with Gasteiger partial charge < -0.3 is 5.32 Å². The molecule has 0 radical (unpaired) electrons. The zero-order valence-electron chi connectivity index (χ0n) is 11.2. The van der Waals surface area contributed by atoms with Gasteiger partial charge in [-0.15, -0.1) is 22.7 Å². The van der Waals surface area contributed by atoms with Gasteiger partial charge in [-0.05, 0) is 41.9 Å². The molecule has 0 bridgehead atoms. The molecule has 0 saturated carbocycles. The maximum absolute atomic E-state index is 4.38. The Kier molecular flexibility index (Phi) is 4.25. The number of pyridine rings is 1. The highest BCUT2D eigenvalue weighted by Gasteiger charge is 2.07. The van der Waals surface area contributed by atoms with E-state index in [0.29, 0.717) is 0 Å². The van der Waals surface area contributed by atoms with E-state index in [0.717, 1.165) is 12.2 Å². The fraction of sp³-hybridized carbons (Fsp3) is 0.188. The smallest absolute Gasteiger partial charge is 0.0570 e. The highest BCUT2D eigenvalue weighted by atomic mass is 32.1. The normalized spacial score (nSPS) is 12.4. The van der Waals surface area contributed by atoms with Crippen molar-refractivity contribution in [2.75, 3.05) is 0 Å². The summed E-state index contributed by atoms with van der Waals surface area (Å²) in [5.74, 6) is 0. The van der Waals surface area contributed by atoms with Crippen molar-refractivity contribution < 1.29 is 0 Å². The molecule has 0 aliphatic rings. The van der Waals surface area contributed by atoms with Crippen molar-refractivity contribution in [3.63, 3.8) is 0 Å². The SMILES string of the molecule is C[C@H](NCc1cc(-c2cccs2)cs1)c1ccccn1. The first kappa shape index (κ1) is 13.5. The molecule has 0 aliphatic carbocycles. The van der Waals surface area contributed by atoms with Gasteiger partial charge in [-0.25, -0.2) is 0 Å². The number of thiophene rings is 2. The third-order valence-corrected chi connectivity index (χ3v) is 5.03. The van der Waals surface area contributed by atoms with Crippen LogP contribution in [0.2, 0.25) is 0 Å². The van der Waals surface area contributed by atoms with Crippen LogP contribution < -0.4 is 5.32 Å². The van der Waals surface area contributed by atoms with Crippen LogP contribution in [-0.2, 0) is 6.54 Å². The molecule has 0 aliphatic heterocycles. The van der Waals surface area contributed by atoms with Gasteiger partial charge in [0, 0.05) is 34.1 Å². The summed E-state index contributed by atoms with van der Waals surface area (Å²) in [6.07, 6.45) is 1.84. The standard InChI is InChI=1S/C16H16N2S2/c1-12(15-5-2-3-7-17-15)18-10-14-9-13(11-20-14)16-6-4-8-19-16/h2-9,11-12,18H,10H2,1H3/t12-/m0/s1. The first-order valence-electron chi connectivity index (χ1n) is 6.58. The van der Waals surface area contributed by atoms with Gasteiger partial charge >= 0.3 is 0 Å². The minimum absolute atomic E-state index is 0.267. The molecule has 3 rings (SSSR count). The van der Waals surface area contributed by atoms with Crippen molar-refractivity contribution in [1.82, 2.24) is 10.3 Å². The molecule has 0 unspecified atom stereocenters. The van der Waals surface area contributed by atoms with Gasteiger partial charge in [-0.3, -0.25) is 4.98 Å². The Morgan fingerprint density at radius 3 is 2.90 bits per heavy atom. The lowest BCUT2D eigenvalue weighted by molar-refractivity contribution is 0.565. The monoisotopic (exact) mass is 300 g/mol. The summed E-state index contributed by atoms with van der Waals surface area (Å²) in [5.41, 5.74) is 2.41. The zero-order chi connectivity index (χ0) is 13.8. The second kappa shape index (κ2) is 6.31. The van der Waals surface area contributed by atoms with E-state index in [1.54, 1.807) is 11.3 Å². The first-order valence-corrected chi connectivity index (χ1v) is 8.34. The van der Waals surface area contributed by atoms with Crippen molar-refractivity contribution in [3.05, 3.63) is 63.9 Å². The van der Waals surface area contributed by atoms with Gasteiger partial charge in [0.05, 0.1) is 5.69 Å². The molecule has 20 heavy (non-hydrogen) atoms. The highest BCUT2D eigenvalue weighted by Crippen LogP contribution is 2.29. The number of nitrogens with zero attached hydrogens (tertiary/aromatic N) is 1. The Hall–Kier alpha value is -1.49. The lowest BCUT2D eigenvalue weighted by Crippen LogP contribution is -2.18. The third-order valence-electron chi connectivity index (χ3n) is 3.17. The Morgan fingerprint density at radius 2 is 2.15 bits per heavy atom. The molecule has 0 amide bonds. The molecular weight excluding hydrogens is 284 g/mol. The Labute approximate surface area is 127 Å². The van der Waals surface area contributed by atoms with E-state index in [2.05, 4.69) is 52.3 Å². The molecular formula is C16H16N2S2. The second-order valence-electron chi connectivity index (χ2n) is 4.64. The molecule has 0 fully saturated rings. The molecule has 3 heterocycles. The summed E-state index contributed by atoms with van der Waals surface area (Å²) in [5, 5.41) is 7.87. The van der Waals surface area contributed by atoms with E-state index >= 15 is 0 Å². The summed E-state index contributed by atoms with van der Waals surface area (Å²) < 4.78 is 0. The van der Waals surface area contributed by atoms with Gasteiger partial charge in [0.2, 0.25) is 0 Å². The van der Waals surface area contributed by atoms with Crippen LogP contribution in [-0.4, -0.2) is 4.98 Å². The zero-order valence-corrected chi connectivity index (χ0v) is 12.9. The molecule has 3 aromatic heterocycles. The Balaban J connectivity index is 1.62. The van der Waals surface area contributed by atoms with E-state index in [-0.39, 0.29) is 6.04 Å². The maximum Gasteiger partial charge on any atom is 0.0570 e. The summed E-state index contributed by atoms with van der Waals surface area (Å²) in [6, 6.07) is 12.8. The number of hydrogen-bond donors (Lipinski definition) is 1. The van der Waals surface area contributed by atoms with E-state index in [1.165, 1.54) is 15.3 Å². The van der Waals surface area contributed by atoms with Crippen LogP contribution >= 0.6 is 22.7 Å². The molecule has 1 N–H and O–H groups in total. The van der Waals surface area contributed by atoms with Crippen molar-refractivity contribution in [2.24, 2.45) is 0 Å². The summed E-state index contributed by atoms with van der Waals surface area (Å²) in [7, 11) is 0. The Morgan fingerprint density at radius 1 is 1.20 bits per heavy atom. The molecule has 0 aromatic carbocycles. The topological polar surface area (TPSA) is 24.9 Å². The minimum Gasteiger partial charge on any atom is -0.304 e. The van der Waals surface area contributed by atoms with E-state index in [9.17, 15) is 0 Å². The number of rotatable bonds is 5. The van der Waals surface area contributed by atoms with Crippen molar-refractivity contribution in [2.45, 2.75) is 19.5 Å². The highest BCUT2D eigenvalue weighted by molar-refractivity contribution is 7.14. The second-order valence-corrected chi connectivity index (χ2v) is 6.58. The van der Waals surface area contributed by atoms with Gasteiger partial charge in [0.15, 0.2) is 0 Å². The van der Waals surface area contributed by atoms with Crippen molar-refractivity contribution >= 4 is 22.7 Å².